The maximum absolute atomic E-state index is 12.4. The fourth-order valence-corrected chi connectivity index (χ4v) is 3.03. The van der Waals surface area contributed by atoms with E-state index in [0.717, 1.165) is 22.2 Å². The summed E-state index contributed by atoms with van der Waals surface area (Å²) in [6.07, 6.45) is 0.226. The quantitative estimate of drug-likeness (QED) is 0.766. The molecule has 7 heteroatoms. The largest absolute Gasteiger partial charge is 0.486 e. The number of benzene rings is 1. The number of aryl methyl sites for hydroxylation is 2. The number of nitrogens with one attached hydrogen (secondary N) is 2. The van der Waals surface area contributed by atoms with Crippen LogP contribution in [0.1, 0.15) is 16.8 Å². The molecule has 3 heterocycles. The van der Waals surface area contributed by atoms with Crippen molar-refractivity contribution in [2.24, 2.45) is 0 Å². The molecule has 7 nitrogen and oxygen atoms in total. The molecule has 1 amide bonds. The number of hydrogen-bond acceptors (Lipinski definition) is 5. The summed E-state index contributed by atoms with van der Waals surface area (Å²) in [5.41, 5.74) is 3.45. The van der Waals surface area contributed by atoms with E-state index in [9.17, 15) is 4.79 Å². The summed E-state index contributed by atoms with van der Waals surface area (Å²) in [4.78, 5) is 16.8. The van der Waals surface area contributed by atoms with Gasteiger partial charge in [-0.3, -0.25) is 9.89 Å². The van der Waals surface area contributed by atoms with Crippen LogP contribution >= 0.6 is 0 Å². The van der Waals surface area contributed by atoms with Crippen molar-refractivity contribution in [3.05, 3.63) is 41.1 Å². The van der Waals surface area contributed by atoms with E-state index in [1.807, 2.05) is 38.1 Å². The second-order valence-electron chi connectivity index (χ2n) is 6.08. The van der Waals surface area contributed by atoms with Gasteiger partial charge in [0, 0.05) is 5.69 Å². The molecule has 2 N–H and O–H groups in total. The van der Waals surface area contributed by atoms with Crippen molar-refractivity contribution in [3.63, 3.8) is 0 Å². The first-order valence-corrected chi connectivity index (χ1v) is 8.11. The standard InChI is InChI=1S/C18H18N4O3/c1-10-7-11(2)19-17-16(10)18(22-21-17)20-15(23)9-12-3-4-13-14(8-12)25-6-5-24-13/h3-4,7-8H,5-6,9H2,1-2H3,(H2,19,20,21,22,23). The number of anilines is 1. The maximum Gasteiger partial charge on any atom is 0.230 e. The van der Waals surface area contributed by atoms with Crippen LogP contribution in [0.15, 0.2) is 24.3 Å². The lowest BCUT2D eigenvalue weighted by Gasteiger charge is -2.18. The van der Waals surface area contributed by atoms with E-state index < -0.39 is 0 Å². The van der Waals surface area contributed by atoms with E-state index in [0.29, 0.717) is 36.2 Å². The van der Waals surface area contributed by atoms with Gasteiger partial charge in [0.1, 0.15) is 13.2 Å². The Bertz CT molecular complexity index is 964. The van der Waals surface area contributed by atoms with Crippen LogP contribution in [0.3, 0.4) is 0 Å². The molecular formula is C18H18N4O3. The summed E-state index contributed by atoms with van der Waals surface area (Å²) in [6.45, 7) is 4.97. The summed E-state index contributed by atoms with van der Waals surface area (Å²) in [6, 6.07) is 7.50. The first-order valence-electron chi connectivity index (χ1n) is 8.11. The van der Waals surface area contributed by atoms with Gasteiger partial charge in [0.2, 0.25) is 5.91 Å². The van der Waals surface area contributed by atoms with Crippen molar-refractivity contribution in [3.8, 4) is 11.5 Å². The number of hydrogen-bond donors (Lipinski definition) is 2. The van der Waals surface area contributed by atoms with Gasteiger partial charge in [-0.2, -0.15) is 5.10 Å². The molecule has 0 fully saturated rings. The predicted molar refractivity (Wildman–Crippen MR) is 93.1 cm³/mol. The number of amides is 1. The van der Waals surface area contributed by atoms with Gasteiger partial charge >= 0.3 is 0 Å². The minimum absolute atomic E-state index is 0.148. The maximum atomic E-state index is 12.4. The van der Waals surface area contributed by atoms with Crippen molar-refractivity contribution in [2.75, 3.05) is 18.5 Å². The van der Waals surface area contributed by atoms with Gasteiger partial charge in [0.15, 0.2) is 23.0 Å². The van der Waals surface area contributed by atoms with Crippen molar-refractivity contribution >= 4 is 22.8 Å². The molecular weight excluding hydrogens is 320 g/mol. The molecule has 0 saturated carbocycles. The van der Waals surface area contributed by atoms with Crippen LogP contribution in [0.5, 0.6) is 11.5 Å². The van der Waals surface area contributed by atoms with Gasteiger partial charge in [-0.05, 0) is 43.2 Å². The molecule has 1 aromatic carbocycles. The average molecular weight is 338 g/mol. The number of pyridine rings is 1. The molecule has 3 aromatic rings. The highest BCUT2D eigenvalue weighted by Crippen LogP contribution is 2.31. The molecule has 0 aliphatic carbocycles. The molecule has 0 spiro atoms. The van der Waals surface area contributed by atoms with Gasteiger partial charge in [0.05, 0.1) is 11.8 Å². The number of H-pyrrole nitrogens is 1. The lowest BCUT2D eigenvalue weighted by Crippen LogP contribution is -2.17. The van der Waals surface area contributed by atoms with Crippen molar-refractivity contribution < 1.29 is 14.3 Å². The summed E-state index contributed by atoms with van der Waals surface area (Å²) >= 11 is 0. The molecule has 4 rings (SSSR count). The second-order valence-corrected chi connectivity index (χ2v) is 6.08. The minimum atomic E-state index is -0.148. The minimum Gasteiger partial charge on any atom is -0.486 e. The van der Waals surface area contributed by atoms with Crippen LogP contribution in [0.4, 0.5) is 5.82 Å². The molecule has 0 bridgehead atoms. The second kappa shape index (κ2) is 6.08. The lowest BCUT2D eigenvalue weighted by atomic mass is 10.1. The Morgan fingerprint density at radius 3 is 2.84 bits per heavy atom. The zero-order chi connectivity index (χ0) is 17.4. The van der Waals surface area contributed by atoms with E-state index in [4.69, 9.17) is 9.47 Å². The molecule has 1 aliphatic rings. The van der Waals surface area contributed by atoms with Gasteiger partial charge in [-0.15, -0.1) is 0 Å². The number of aromatic amines is 1. The highest BCUT2D eigenvalue weighted by atomic mass is 16.6. The van der Waals surface area contributed by atoms with Crippen LogP contribution in [0, 0.1) is 13.8 Å². The fourth-order valence-electron chi connectivity index (χ4n) is 3.03. The number of rotatable bonds is 3. The summed E-state index contributed by atoms with van der Waals surface area (Å²) in [5, 5.41) is 10.7. The Balaban J connectivity index is 1.53. The third-order valence-electron chi connectivity index (χ3n) is 4.08. The predicted octanol–water partition coefficient (Wildman–Crippen LogP) is 2.53. The molecule has 0 radical (unpaired) electrons. The Morgan fingerprint density at radius 2 is 2.00 bits per heavy atom. The van der Waals surface area contributed by atoms with E-state index >= 15 is 0 Å². The molecule has 0 unspecified atom stereocenters. The number of ether oxygens (including phenoxy) is 2. The van der Waals surface area contributed by atoms with Gasteiger partial charge < -0.3 is 14.8 Å². The van der Waals surface area contributed by atoms with E-state index in [2.05, 4.69) is 20.5 Å². The Kier molecular flexibility index (Phi) is 3.76. The smallest absolute Gasteiger partial charge is 0.230 e. The van der Waals surface area contributed by atoms with Crippen LogP contribution in [-0.2, 0) is 11.2 Å². The zero-order valence-corrected chi connectivity index (χ0v) is 14.0. The Morgan fingerprint density at radius 1 is 1.20 bits per heavy atom. The topological polar surface area (TPSA) is 89.1 Å². The molecule has 128 valence electrons. The molecule has 1 aliphatic heterocycles. The summed E-state index contributed by atoms with van der Waals surface area (Å²) < 4.78 is 11.0. The van der Waals surface area contributed by atoms with Crippen molar-refractivity contribution in [1.82, 2.24) is 15.2 Å². The van der Waals surface area contributed by atoms with Crippen LogP contribution < -0.4 is 14.8 Å². The monoisotopic (exact) mass is 338 g/mol. The zero-order valence-electron chi connectivity index (χ0n) is 14.0. The Labute approximate surface area is 144 Å². The van der Waals surface area contributed by atoms with Crippen LogP contribution in [0.2, 0.25) is 0 Å². The molecule has 2 aromatic heterocycles. The normalized spacial score (nSPS) is 13.0. The summed E-state index contributed by atoms with van der Waals surface area (Å²) in [7, 11) is 0. The SMILES string of the molecule is Cc1cc(C)c2c(NC(=O)Cc3ccc4c(c3)OCCO4)n[nH]c2n1. The van der Waals surface area contributed by atoms with E-state index in [-0.39, 0.29) is 12.3 Å². The first kappa shape index (κ1) is 15.4. The van der Waals surface area contributed by atoms with Crippen molar-refractivity contribution in [2.45, 2.75) is 20.3 Å². The number of carbonyl (C=O) groups is 1. The number of carbonyl (C=O) groups excluding carboxylic acids is 1. The third-order valence-corrected chi connectivity index (χ3v) is 4.08. The highest BCUT2D eigenvalue weighted by Gasteiger charge is 2.16. The number of aromatic nitrogens is 3. The third kappa shape index (κ3) is 3.00. The van der Waals surface area contributed by atoms with E-state index in [1.165, 1.54) is 0 Å². The first-order chi connectivity index (χ1) is 12.1. The van der Waals surface area contributed by atoms with Gasteiger partial charge in [0.25, 0.3) is 0 Å². The van der Waals surface area contributed by atoms with Crippen molar-refractivity contribution in [1.29, 1.82) is 0 Å². The molecule has 0 saturated heterocycles. The van der Waals surface area contributed by atoms with Crippen LogP contribution in [-0.4, -0.2) is 34.3 Å². The molecule has 25 heavy (non-hydrogen) atoms. The molecule has 0 atom stereocenters. The van der Waals surface area contributed by atoms with Gasteiger partial charge in [-0.25, -0.2) is 4.98 Å². The number of fused-ring (bicyclic) bond motifs is 2. The van der Waals surface area contributed by atoms with Crippen LogP contribution in [0.25, 0.3) is 11.0 Å². The van der Waals surface area contributed by atoms with Gasteiger partial charge in [-0.1, -0.05) is 6.07 Å². The lowest BCUT2D eigenvalue weighted by molar-refractivity contribution is -0.115. The van der Waals surface area contributed by atoms with E-state index in [1.54, 1.807) is 0 Å². The number of nitrogens with zero attached hydrogens (tertiary/aromatic N) is 2. The Hall–Kier alpha value is -3.09. The fraction of sp³-hybridized carbons (Fsp3) is 0.278. The average Bonchev–Trinajstić information content (AvgIpc) is 2.97. The highest BCUT2D eigenvalue weighted by molar-refractivity contribution is 6.00. The summed E-state index contributed by atoms with van der Waals surface area (Å²) in [5.74, 6) is 1.75.